The van der Waals surface area contributed by atoms with Crippen LogP contribution in [-0.4, -0.2) is 17.2 Å². The van der Waals surface area contributed by atoms with Crippen LogP contribution >= 0.6 is 23.1 Å². The minimum absolute atomic E-state index is 0.118. The number of carbonyl (C=O) groups is 1. The van der Waals surface area contributed by atoms with Gasteiger partial charge in [0.2, 0.25) is 0 Å². The average Bonchev–Trinajstić information content (AvgIpc) is 3.04. The standard InChI is InChI=1S/C24H30N2OS2/c1-15(2)14-28-23-25-21-20(22(27)26(23)17-9-7-6-8-10-17)18-12-11-16(24(3,4)5)13-19(18)29-21/h6-10,16,23,25H,1,11-14H2,2-5H3/t16-,23+/m0/s1. The van der Waals surface area contributed by atoms with Crippen molar-refractivity contribution in [1.82, 2.24) is 0 Å². The highest BCUT2D eigenvalue weighted by Gasteiger charge is 2.40. The monoisotopic (exact) mass is 426 g/mol. The molecular formula is C24H30N2OS2. The third-order valence-electron chi connectivity index (χ3n) is 5.93. The number of thiophene rings is 1. The Morgan fingerprint density at radius 2 is 2.03 bits per heavy atom. The molecule has 1 aromatic heterocycles. The first-order chi connectivity index (χ1) is 13.8. The van der Waals surface area contributed by atoms with Gasteiger partial charge in [-0.2, -0.15) is 0 Å². The number of anilines is 2. The van der Waals surface area contributed by atoms with Gasteiger partial charge in [-0.15, -0.1) is 23.1 Å². The van der Waals surface area contributed by atoms with E-state index in [9.17, 15) is 4.79 Å². The quantitative estimate of drug-likeness (QED) is 0.562. The Kier molecular flexibility index (Phi) is 5.56. The number of thioether (sulfide) groups is 1. The predicted molar refractivity (Wildman–Crippen MR) is 127 cm³/mol. The molecule has 1 amide bonds. The first kappa shape index (κ1) is 20.5. The molecule has 1 aromatic carbocycles. The normalized spacial score (nSPS) is 21.4. The summed E-state index contributed by atoms with van der Waals surface area (Å²) < 4.78 is 0. The SMILES string of the molecule is C=C(C)CS[C@@H]1Nc2sc3c(c2C(=O)N1c1ccccc1)CC[C@H](C(C)(C)C)C3. The summed E-state index contributed by atoms with van der Waals surface area (Å²) in [5, 5.41) is 4.74. The third kappa shape index (κ3) is 3.99. The first-order valence-corrected chi connectivity index (χ1v) is 12.2. The van der Waals surface area contributed by atoms with E-state index in [1.54, 1.807) is 23.1 Å². The van der Waals surface area contributed by atoms with Crippen molar-refractivity contribution in [3.63, 3.8) is 0 Å². The summed E-state index contributed by atoms with van der Waals surface area (Å²) in [6, 6.07) is 10.0. The molecule has 1 aliphatic heterocycles. The smallest absolute Gasteiger partial charge is 0.263 e. The summed E-state index contributed by atoms with van der Waals surface area (Å²) in [4.78, 5) is 17.1. The first-order valence-electron chi connectivity index (χ1n) is 10.3. The molecule has 0 unspecified atom stereocenters. The number of nitrogens with zero attached hydrogens (tertiary/aromatic N) is 1. The fraction of sp³-hybridized carbons (Fsp3) is 0.458. The van der Waals surface area contributed by atoms with Crippen LogP contribution in [0.4, 0.5) is 10.7 Å². The molecule has 1 aliphatic carbocycles. The van der Waals surface area contributed by atoms with E-state index in [2.05, 4.69) is 32.7 Å². The van der Waals surface area contributed by atoms with Gasteiger partial charge < -0.3 is 5.32 Å². The number of hydrogen-bond donors (Lipinski definition) is 1. The van der Waals surface area contributed by atoms with Gasteiger partial charge in [-0.1, -0.05) is 51.1 Å². The van der Waals surface area contributed by atoms with Crippen molar-refractivity contribution in [2.24, 2.45) is 11.3 Å². The number of para-hydroxylation sites is 1. The molecule has 154 valence electrons. The Morgan fingerprint density at radius 1 is 1.31 bits per heavy atom. The van der Waals surface area contributed by atoms with E-state index in [0.717, 1.165) is 46.8 Å². The van der Waals surface area contributed by atoms with Crippen LogP contribution in [0, 0.1) is 11.3 Å². The molecule has 5 heteroatoms. The van der Waals surface area contributed by atoms with Crippen LogP contribution in [0.15, 0.2) is 42.5 Å². The molecule has 29 heavy (non-hydrogen) atoms. The van der Waals surface area contributed by atoms with E-state index in [1.807, 2.05) is 42.2 Å². The molecule has 0 saturated heterocycles. The second kappa shape index (κ2) is 7.84. The zero-order valence-electron chi connectivity index (χ0n) is 17.7. The van der Waals surface area contributed by atoms with Crippen molar-refractivity contribution in [3.8, 4) is 0 Å². The molecule has 2 aromatic rings. The zero-order valence-corrected chi connectivity index (χ0v) is 19.4. The topological polar surface area (TPSA) is 32.3 Å². The van der Waals surface area contributed by atoms with E-state index in [0.29, 0.717) is 11.3 Å². The lowest BCUT2D eigenvalue weighted by Gasteiger charge is -2.37. The highest BCUT2D eigenvalue weighted by molar-refractivity contribution is 8.00. The van der Waals surface area contributed by atoms with Crippen LogP contribution in [0.5, 0.6) is 0 Å². The fourth-order valence-electron chi connectivity index (χ4n) is 4.24. The molecule has 0 fully saturated rings. The number of rotatable bonds is 4. The van der Waals surface area contributed by atoms with Crippen LogP contribution in [-0.2, 0) is 12.8 Å². The number of carbonyl (C=O) groups excluding carboxylic acids is 1. The van der Waals surface area contributed by atoms with Crippen molar-refractivity contribution >= 4 is 39.7 Å². The summed E-state index contributed by atoms with van der Waals surface area (Å²) >= 11 is 3.53. The molecular weight excluding hydrogens is 396 g/mol. The zero-order chi connectivity index (χ0) is 20.8. The summed E-state index contributed by atoms with van der Waals surface area (Å²) in [5.41, 5.74) is 4.43. The Balaban J connectivity index is 1.71. The molecule has 4 rings (SSSR count). The number of hydrogen-bond acceptors (Lipinski definition) is 4. The molecule has 2 atom stereocenters. The molecule has 0 bridgehead atoms. The lowest BCUT2D eigenvalue weighted by molar-refractivity contribution is 0.0982. The van der Waals surface area contributed by atoms with Gasteiger partial charge in [-0.05, 0) is 55.2 Å². The van der Waals surface area contributed by atoms with Crippen molar-refractivity contribution in [2.75, 3.05) is 16.0 Å². The van der Waals surface area contributed by atoms with Gasteiger partial charge in [0.15, 0.2) is 5.50 Å². The molecule has 2 aliphatic rings. The lowest BCUT2D eigenvalue weighted by atomic mass is 9.72. The van der Waals surface area contributed by atoms with Crippen LogP contribution in [0.25, 0.3) is 0 Å². The van der Waals surface area contributed by atoms with Gasteiger partial charge in [-0.25, -0.2) is 0 Å². The second-order valence-electron chi connectivity index (χ2n) is 9.29. The summed E-state index contributed by atoms with van der Waals surface area (Å²) in [6.07, 6.45) is 3.25. The van der Waals surface area contributed by atoms with E-state index >= 15 is 0 Å². The number of benzene rings is 1. The van der Waals surface area contributed by atoms with E-state index in [4.69, 9.17) is 0 Å². The highest BCUT2D eigenvalue weighted by atomic mass is 32.2. The minimum Gasteiger partial charge on any atom is -0.347 e. The average molecular weight is 427 g/mol. The van der Waals surface area contributed by atoms with Gasteiger partial charge in [-0.3, -0.25) is 9.69 Å². The molecule has 1 N–H and O–H groups in total. The molecule has 2 heterocycles. The van der Waals surface area contributed by atoms with Crippen molar-refractivity contribution < 1.29 is 4.79 Å². The molecule has 0 saturated carbocycles. The second-order valence-corrected chi connectivity index (χ2v) is 11.5. The summed E-state index contributed by atoms with van der Waals surface area (Å²) in [5.74, 6) is 1.63. The Bertz CT molecular complexity index is 926. The number of nitrogens with one attached hydrogen (secondary N) is 1. The van der Waals surface area contributed by atoms with Crippen LogP contribution in [0.2, 0.25) is 0 Å². The Morgan fingerprint density at radius 3 is 2.69 bits per heavy atom. The van der Waals surface area contributed by atoms with Gasteiger partial charge in [0.25, 0.3) is 5.91 Å². The van der Waals surface area contributed by atoms with Gasteiger partial charge in [0, 0.05) is 16.3 Å². The van der Waals surface area contributed by atoms with E-state index in [-0.39, 0.29) is 11.4 Å². The van der Waals surface area contributed by atoms with Crippen molar-refractivity contribution in [2.45, 2.75) is 52.5 Å². The maximum atomic E-state index is 13.7. The molecule has 0 spiro atoms. The van der Waals surface area contributed by atoms with Gasteiger partial charge >= 0.3 is 0 Å². The third-order valence-corrected chi connectivity index (χ3v) is 8.42. The summed E-state index contributed by atoms with van der Waals surface area (Å²) in [7, 11) is 0. The predicted octanol–water partition coefficient (Wildman–Crippen LogP) is 6.56. The van der Waals surface area contributed by atoms with E-state index in [1.165, 1.54) is 10.4 Å². The molecule has 3 nitrogen and oxygen atoms in total. The lowest BCUT2D eigenvalue weighted by Crippen LogP contribution is -2.47. The minimum atomic E-state index is -0.118. The van der Waals surface area contributed by atoms with Crippen molar-refractivity contribution in [3.05, 3.63) is 58.5 Å². The Labute approximate surface area is 182 Å². The largest absolute Gasteiger partial charge is 0.347 e. The van der Waals surface area contributed by atoms with E-state index < -0.39 is 0 Å². The Hall–Kier alpha value is -1.72. The van der Waals surface area contributed by atoms with Crippen LogP contribution < -0.4 is 10.2 Å². The highest BCUT2D eigenvalue weighted by Crippen LogP contribution is 2.47. The van der Waals surface area contributed by atoms with Crippen molar-refractivity contribution in [1.29, 1.82) is 0 Å². The number of amides is 1. The van der Waals surface area contributed by atoms with Crippen LogP contribution in [0.3, 0.4) is 0 Å². The van der Waals surface area contributed by atoms with Gasteiger partial charge in [0.05, 0.1) is 5.56 Å². The van der Waals surface area contributed by atoms with Crippen LogP contribution in [0.1, 0.15) is 54.9 Å². The number of fused-ring (bicyclic) bond motifs is 3. The maximum Gasteiger partial charge on any atom is 0.263 e. The maximum absolute atomic E-state index is 13.7. The molecule has 0 radical (unpaired) electrons. The summed E-state index contributed by atoms with van der Waals surface area (Å²) in [6.45, 7) is 13.1. The van der Waals surface area contributed by atoms with Gasteiger partial charge in [0.1, 0.15) is 5.00 Å². The fourth-order valence-corrected chi connectivity index (χ4v) is 6.66.